The lowest BCUT2D eigenvalue weighted by Gasteiger charge is -2.27. The van der Waals surface area contributed by atoms with Crippen molar-refractivity contribution in [3.63, 3.8) is 0 Å². The van der Waals surface area contributed by atoms with Gasteiger partial charge in [-0.25, -0.2) is 0 Å². The Morgan fingerprint density at radius 1 is 1.38 bits per heavy atom. The lowest BCUT2D eigenvalue weighted by Crippen LogP contribution is -2.22. The topological polar surface area (TPSA) is 9.23 Å². The van der Waals surface area contributed by atoms with Crippen molar-refractivity contribution < 1.29 is 4.74 Å². The Kier molecular flexibility index (Phi) is 2.85. The van der Waals surface area contributed by atoms with Gasteiger partial charge in [0.15, 0.2) is 0 Å². The predicted molar refractivity (Wildman–Crippen MR) is 55.1 cm³/mol. The van der Waals surface area contributed by atoms with Gasteiger partial charge in [-0.3, -0.25) is 0 Å². The van der Waals surface area contributed by atoms with Gasteiger partial charge in [0.25, 0.3) is 0 Å². The Labute approximate surface area is 85.8 Å². The molecule has 2 rings (SSSR count). The third-order valence-corrected chi connectivity index (χ3v) is 4.24. The quantitative estimate of drug-likeness (QED) is 0.639. The van der Waals surface area contributed by atoms with E-state index < -0.39 is 0 Å². The second-order valence-electron chi connectivity index (χ2n) is 4.74. The molecule has 1 saturated heterocycles. The van der Waals surface area contributed by atoms with E-state index in [2.05, 4.69) is 6.92 Å². The van der Waals surface area contributed by atoms with Crippen LogP contribution in [0, 0.1) is 11.3 Å². The van der Waals surface area contributed by atoms with Crippen LogP contribution in [-0.2, 0) is 4.74 Å². The average molecular weight is 203 g/mol. The molecule has 1 saturated carbocycles. The molecule has 0 aromatic carbocycles. The van der Waals surface area contributed by atoms with E-state index in [1.165, 1.54) is 32.1 Å². The molecule has 76 valence electrons. The van der Waals surface area contributed by atoms with E-state index in [9.17, 15) is 0 Å². The van der Waals surface area contributed by atoms with E-state index in [1.54, 1.807) is 0 Å². The second kappa shape index (κ2) is 3.78. The van der Waals surface area contributed by atoms with Crippen molar-refractivity contribution in [1.82, 2.24) is 0 Å². The van der Waals surface area contributed by atoms with E-state index in [0.29, 0.717) is 10.8 Å². The number of halogens is 1. The van der Waals surface area contributed by atoms with Gasteiger partial charge in [0.2, 0.25) is 0 Å². The molecule has 1 aliphatic heterocycles. The summed E-state index contributed by atoms with van der Waals surface area (Å²) < 4.78 is 5.36. The summed E-state index contributed by atoms with van der Waals surface area (Å²) in [5.41, 5.74) is 0.517. The van der Waals surface area contributed by atoms with Gasteiger partial charge in [-0.15, -0.1) is 11.6 Å². The Balaban J connectivity index is 1.82. The van der Waals surface area contributed by atoms with Gasteiger partial charge in [0, 0.05) is 18.6 Å². The van der Waals surface area contributed by atoms with Gasteiger partial charge in [-0.1, -0.05) is 0 Å². The molecule has 13 heavy (non-hydrogen) atoms. The van der Waals surface area contributed by atoms with Crippen LogP contribution in [0.3, 0.4) is 0 Å². The first-order chi connectivity index (χ1) is 6.23. The molecule has 0 aromatic rings. The molecule has 0 N–H and O–H groups in total. The zero-order valence-electron chi connectivity index (χ0n) is 8.39. The van der Waals surface area contributed by atoms with E-state index in [4.69, 9.17) is 16.3 Å². The summed E-state index contributed by atoms with van der Waals surface area (Å²) in [5.74, 6) is 0.887. The predicted octanol–water partition coefficient (Wildman–Crippen LogP) is 3.21. The minimum absolute atomic E-state index is 0.371. The van der Waals surface area contributed by atoms with Gasteiger partial charge in [0.05, 0.1) is 0 Å². The highest BCUT2D eigenvalue weighted by Gasteiger charge is 2.47. The number of rotatable bonds is 3. The molecule has 1 aliphatic carbocycles. The van der Waals surface area contributed by atoms with Gasteiger partial charge in [-0.05, 0) is 50.4 Å². The highest BCUT2D eigenvalue weighted by Crippen LogP contribution is 2.56. The zero-order chi connectivity index (χ0) is 9.31. The lowest BCUT2D eigenvalue weighted by atomic mass is 9.85. The van der Waals surface area contributed by atoms with E-state index in [-0.39, 0.29) is 0 Å². The molecule has 2 fully saturated rings. The first-order valence-corrected chi connectivity index (χ1v) is 5.88. The SMILES string of the molecule is CC(Cl)C1(CC2CCOCC2)CC1. The molecule has 1 heterocycles. The number of alkyl halides is 1. The van der Waals surface area contributed by atoms with Crippen molar-refractivity contribution in [2.45, 2.75) is 44.4 Å². The van der Waals surface area contributed by atoms with Gasteiger partial charge in [0.1, 0.15) is 0 Å². The Hall–Kier alpha value is 0.250. The molecular formula is C11H19ClO. The molecule has 0 amide bonds. The zero-order valence-corrected chi connectivity index (χ0v) is 9.15. The fourth-order valence-electron chi connectivity index (χ4n) is 2.45. The van der Waals surface area contributed by atoms with Crippen molar-refractivity contribution >= 4 is 11.6 Å². The second-order valence-corrected chi connectivity index (χ2v) is 5.39. The maximum absolute atomic E-state index is 6.22. The Morgan fingerprint density at radius 3 is 2.46 bits per heavy atom. The molecule has 1 nitrogen and oxygen atoms in total. The van der Waals surface area contributed by atoms with Crippen LogP contribution >= 0.6 is 11.6 Å². The maximum Gasteiger partial charge on any atom is 0.0468 e. The summed E-state index contributed by atoms with van der Waals surface area (Å²) in [7, 11) is 0. The first kappa shape index (κ1) is 9.79. The summed E-state index contributed by atoms with van der Waals surface area (Å²) in [5, 5.41) is 0.371. The normalized spacial score (nSPS) is 30.0. The minimum Gasteiger partial charge on any atom is -0.381 e. The standard InChI is InChI=1S/C11H19ClO/c1-9(12)11(4-5-11)8-10-2-6-13-7-3-10/h9-10H,2-8H2,1H3. The fourth-order valence-corrected chi connectivity index (χ4v) is 2.76. The van der Waals surface area contributed by atoms with Crippen LogP contribution in [0.15, 0.2) is 0 Å². The molecular weight excluding hydrogens is 184 g/mol. The third kappa shape index (κ3) is 2.19. The van der Waals surface area contributed by atoms with Crippen molar-refractivity contribution in [2.75, 3.05) is 13.2 Å². The number of ether oxygens (including phenoxy) is 1. The summed E-state index contributed by atoms with van der Waals surface area (Å²) in [4.78, 5) is 0. The highest BCUT2D eigenvalue weighted by molar-refractivity contribution is 6.21. The molecule has 2 aliphatic rings. The van der Waals surface area contributed by atoms with Gasteiger partial charge >= 0.3 is 0 Å². The summed E-state index contributed by atoms with van der Waals surface area (Å²) in [6.45, 7) is 4.10. The maximum atomic E-state index is 6.22. The smallest absolute Gasteiger partial charge is 0.0468 e. The van der Waals surface area contributed by atoms with Crippen LogP contribution < -0.4 is 0 Å². The lowest BCUT2D eigenvalue weighted by molar-refractivity contribution is 0.0568. The first-order valence-electron chi connectivity index (χ1n) is 5.45. The molecule has 0 bridgehead atoms. The fraction of sp³-hybridized carbons (Fsp3) is 1.00. The van der Waals surface area contributed by atoms with Crippen LogP contribution in [0.1, 0.15) is 39.0 Å². The molecule has 0 radical (unpaired) electrons. The van der Waals surface area contributed by atoms with Gasteiger partial charge in [-0.2, -0.15) is 0 Å². The summed E-state index contributed by atoms with van der Waals surface area (Å²) >= 11 is 6.22. The van der Waals surface area contributed by atoms with Crippen LogP contribution in [-0.4, -0.2) is 18.6 Å². The van der Waals surface area contributed by atoms with E-state index in [1.807, 2.05) is 0 Å². The monoisotopic (exact) mass is 202 g/mol. The highest BCUT2D eigenvalue weighted by atomic mass is 35.5. The number of hydrogen-bond donors (Lipinski definition) is 0. The molecule has 1 atom stereocenters. The summed E-state index contributed by atoms with van der Waals surface area (Å²) in [6, 6.07) is 0. The third-order valence-electron chi connectivity index (χ3n) is 3.77. The van der Waals surface area contributed by atoms with Crippen LogP contribution in [0.2, 0.25) is 0 Å². The number of hydrogen-bond acceptors (Lipinski definition) is 1. The Morgan fingerprint density at radius 2 is 2.00 bits per heavy atom. The average Bonchev–Trinajstić information content (AvgIpc) is 2.87. The van der Waals surface area contributed by atoms with Crippen molar-refractivity contribution in [3.05, 3.63) is 0 Å². The van der Waals surface area contributed by atoms with Crippen LogP contribution in [0.5, 0.6) is 0 Å². The minimum atomic E-state index is 0.371. The van der Waals surface area contributed by atoms with Crippen LogP contribution in [0.25, 0.3) is 0 Å². The largest absolute Gasteiger partial charge is 0.381 e. The van der Waals surface area contributed by atoms with E-state index >= 15 is 0 Å². The van der Waals surface area contributed by atoms with Crippen molar-refractivity contribution in [1.29, 1.82) is 0 Å². The molecule has 1 unspecified atom stereocenters. The molecule has 0 spiro atoms. The summed E-state index contributed by atoms with van der Waals surface area (Å²) in [6.07, 6.45) is 6.57. The van der Waals surface area contributed by atoms with Crippen molar-refractivity contribution in [2.24, 2.45) is 11.3 Å². The molecule has 2 heteroatoms. The van der Waals surface area contributed by atoms with E-state index in [0.717, 1.165) is 19.1 Å². The Bertz CT molecular complexity index is 169. The molecule has 0 aromatic heterocycles. The van der Waals surface area contributed by atoms with Crippen molar-refractivity contribution in [3.8, 4) is 0 Å². The van der Waals surface area contributed by atoms with Crippen LogP contribution in [0.4, 0.5) is 0 Å². The van der Waals surface area contributed by atoms with Gasteiger partial charge < -0.3 is 4.74 Å².